The maximum atomic E-state index is 12.5. The normalized spacial score (nSPS) is 13.0. The number of aliphatic hydroxyl groups excluding tert-OH is 2. The Morgan fingerprint density at radius 2 is 0.837 bits per heavy atom. The Hall–Kier alpha value is -1.22. The van der Waals surface area contributed by atoms with Crippen LogP contribution < -0.4 is 10.6 Å². The molecule has 2 unspecified atom stereocenters. The molecule has 0 aliphatic carbocycles. The first-order valence-corrected chi connectivity index (χ1v) is 18.1. The predicted molar refractivity (Wildman–Crippen MR) is 181 cm³/mol. The Balaban J connectivity index is 4.24. The molecule has 0 bridgehead atoms. The van der Waals surface area contributed by atoms with Gasteiger partial charge in [-0.15, -0.1) is 0 Å². The summed E-state index contributed by atoms with van der Waals surface area (Å²) in [6.07, 6.45) is 23.2. The van der Waals surface area contributed by atoms with E-state index in [2.05, 4.69) is 29.4 Å². The van der Waals surface area contributed by atoms with E-state index in [0.29, 0.717) is 19.6 Å². The summed E-state index contributed by atoms with van der Waals surface area (Å²) >= 11 is 0. The Morgan fingerprint density at radius 3 is 1.16 bits per heavy atom. The van der Waals surface area contributed by atoms with Crippen LogP contribution in [0.25, 0.3) is 0 Å². The molecule has 2 atom stereocenters. The smallest absolute Gasteiger partial charge is 0.250 e. The highest BCUT2D eigenvalue weighted by Crippen LogP contribution is 2.11. The first-order valence-electron chi connectivity index (χ1n) is 18.1. The summed E-state index contributed by atoms with van der Waals surface area (Å²) in [7, 11) is 3.99. The SMILES string of the molecule is CCCCCCCCCCCCNC(=O)C(O)CN(CCCN(C)C)CC(O)C(=O)NCCCCCCCCCCCC. The molecule has 8 heteroatoms. The summed E-state index contributed by atoms with van der Waals surface area (Å²) in [6, 6.07) is 0. The van der Waals surface area contributed by atoms with E-state index < -0.39 is 12.2 Å². The van der Waals surface area contributed by atoms with Gasteiger partial charge in [0, 0.05) is 26.2 Å². The van der Waals surface area contributed by atoms with Crippen LogP contribution in [-0.2, 0) is 9.59 Å². The lowest BCUT2D eigenvalue weighted by molar-refractivity contribution is -0.132. The molecule has 256 valence electrons. The highest BCUT2D eigenvalue weighted by molar-refractivity contribution is 5.81. The number of carbonyl (C=O) groups excluding carboxylic acids is 2. The summed E-state index contributed by atoms with van der Waals surface area (Å²) in [5.74, 6) is -0.762. The average molecular weight is 613 g/mol. The van der Waals surface area contributed by atoms with Crippen molar-refractivity contribution in [3.8, 4) is 0 Å². The second-order valence-electron chi connectivity index (χ2n) is 12.9. The number of unbranched alkanes of at least 4 members (excludes halogenated alkanes) is 18. The molecule has 0 heterocycles. The molecule has 0 aromatic heterocycles. The topological polar surface area (TPSA) is 105 Å². The van der Waals surface area contributed by atoms with Crippen molar-refractivity contribution in [2.45, 2.75) is 161 Å². The second kappa shape index (κ2) is 30.8. The maximum Gasteiger partial charge on any atom is 0.250 e. The monoisotopic (exact) mass is 613 g/mol. The van der Waals surface area contributed by atoms with E-state index in [1.807, 2.05) is 19.0 Å². The van der Waals surface area contributed by atoms with Gasteiger partial charge in [-0.25, -0.2) is 0 Å². The molecule has 0 rings (SSSR count). The van der Waals surface area contributed by atoms with Gasteiger partial charge in [-0.1, -0.05) is 129 Å². The molecule has 0 saturated heterocycles. The van der Waals surface area contributed by atoms with Crippen LogP contribution in [0.4, 0.5) is 0 Å². The summed E-state index contributed by atoms with van der Waals surface area (Å²) in [5, 5.41) is 26.9. The number of hydrogen-bond acceptors (Lipinski definition) is 6. The molecule has 0 saturated carbocycles. The third kappa shape index (κ3) is 28.0. The molecule has 0 spiro atoms. The Labute approximate surface area is 266 Å². The van der Waals surface area contributed by atoms with E-state index >= 15 is 0 Å². The van der Waals surface area contributed by atoms with Crippen LogP contribution in [0.5, 0.6) is 0 Å². The lowest BCUT2D eigenvalue weighted by Gasteiger charge is -2.27. The van der Waals surface area contributed by atoms with Crippen LogP contribution in [0.2, 0.25) is 0 Å². The number of hydrogen-bond donors (Lipinski definition) is 4. The summed E-state index contributed by atoms with van der Waals surface area (Å²) in [4.78, 5) is 29.0. The minimum absolute atomic E-state index is 0.0973. The van der Waals surface area contributed by atoms with Crippen molar-refractivity contribution in [1.82, 2.24) is 20.4 Å². The van der Waals surface area contributed by atoms with E-state index in [0.717, 1.165) is 38.6 Å². The molecule has 0 aliphatic heterocycles. The van der Waals surface area contributed by atoms with Gasteiger partial charge in [0.2, 0.25) is 11.8 Å². The fraction of sp³-hybridized carbons (Fsp3) is 0.943. The van der Waals surface area contributed by atoms with Crippen LogP contribution in [0.1, 0.15) is 149 Å². The highest BCUT2D eigenvalue weighted by Gasteiger charge is 2.23. The standard InChI is InChI=1S/C35H72N4O4/c1-5-7-9-11-13-15-17-19-21-23-26-36-34(42)32(40)30-39(29-25-28-38(3)4)31-33(41)35(43)37-27-24-22-20-18-16-14-12-10-8-6-2/h32-33,40-41H,5-31H2,1-4H3,(H,36,42)(H,37,43). The van der Waals surface area contributed by atoms with Crippen molar-refractivity contribution in [2.75, 3.05) is 53.4 Å². The minimum Gasteiger partial charge on any atom is -0.382 e. The highest BCUT2D eigenvalue weighted by atomic mass is 16.3. The number of rotatable bonds is 32. The van der Waals surface area contributed by atoms with Gasteiger partial charge in [-0.05, 0) is 46.4 Å². The van der Waals surface area contributed by atoms with Crippen LogP contribution in [0.3, 0.4) is 0 Å². The number of amides is 2. The second-order valence-corrected chi connectivity index (χ2v) is 12.9. The first kappa shape index (κ1) is 41.8. The van der Waals surface area contributed by atoms with Crippen LogP contribution >= 0.6 is 0 Å². The Morgan fingerprint density at radius 1 is 0.512 bits per heavy atom. The van der Waals surface area contributed by atoms with Crippen LogP contribution in [0, 0.1) is 0 Å². The molecule has 4 N–H and O–H groups in total. The average Bonchev–Trinajstić information content (AvgIpc) is 2.98. The fourth-order valence-corrected chi connectivity index (χ4v) is 5.41. The number of nitrogens with zero attached hydrogens (tertiary/aromatic N) is 2. The van der Waals surface area contributed by atoms with Gasteiger partial charge in [-0.2, -0.15) is 0 Å². The zero-order valence-corrected chi connectivity index (χ0v) is 28.9. The van der Waals surface area contributed by atoms with Gasteiger partial charge in [0.25, 0.3) is 0 Å². The van der Waals surface area contributed by atoms with E-state index in [9.17, 15) is 19.8 Å². The first-order chi connectivity index (χ1) is 20.8. The van der Waals surface area contributed by atoms with Gasteiger partial charge in [-0.3, -0.25) is 14.5 Å². The summed E-state index contributed by atoms with van der Waals surface area (Å²) in [6.45, 7) is 7.24. The maximum absolute atomic E-state index is 12.5. The lowest BCUT2D eigenvalue weighted by Crippen LogP contribution is -2.48. The zero-order chi connectivity index (χ0) is 32.0. The Kier molecular flexibility index (Phi) is 29.9. The van der Waals surface area contributed by atoms with Gasteiger partial charge in [0.05, 0.1) is 0 Å². The molecule has 0 aliphatic rings. The summed E-state index contributed by atoms with van der Waals surface area (Å²) < 4.78 is 0. The predicted octanol–water partition coefficient (Wildman–Crippen LogP) is 6.04. The lowest BCUT2D eigenvalue weighted by atomic mass is 10.1. The van der Waals surface area contributed by atoms with Crippen LogP contribution in [-0.4, -0.2) is 97.4 Å². The third-order valence-corrected chi connectivity index (χ3v) is 8.21. The van der Waals surface area contributed by atoms with Gasteiger partial charge in [0.1, 0.15) is 12.2 Å². The number of nitrogens with one attached hydrogen (secondary N) is 2. The van der Waals surface area contributed by atoms with E-state index in [-0.39, 0.29) is 24.9 Å². The molecule has 8 nitrogen and oxygen atoms in total. The van der Waals surface area contributed by atoms with E-state index in [1.165, 1.54) is 103 Å². The molecular weight excluding hydrogens is 540 g/mol. The third-order valence-electron chi connectivity index (χ3n) is 8.21. The molecular formula is C35H72N4O4. The minimum atomic E-state index is -1.19. The van der Waals surface area contributed by atoms with Crippen molar-refractivity contribution in [1.29, 1.82) is 0 Å². The Bertz CT molecular complexity index is 589. The van der Waals surface area contributed by atoms with Crippen molar-refractivity contribution < 1.29 is 19.8 Å². The number of carbonyl (C=O) groups is 2. The molecule has 0 aromatic rings. The summed E-state index contributed by atoms with van der Waals surface area (Å²) in [5.41, 5.74) is 0. The zero-order valence-electron chi connectivity index (χ0n) is 28.9. The van der Waals surface area contributed by atoms with Crippen molar-refractivity contribution >= 4 is 11.8 Å². The molecule has 43 heavy (non-hydrogen) atoms. The quantitative estimate of drug-likeness (QED) is 0.0691. The van der Waals surface area contributed by atoms with Crippen molar-refractivity contribution in [3.63, 3.8) is 0 Å². The van der Waals surface area contributed by atoms with Gasteiger partial charge < -0.3 is 25.7 Å². The van der Waals surface area contributed by atoms with Crippen molar-refractivity contribution in [2.24, 2.45) is 0 Å². The van der Waals surface area contributed by atoms with Crippen molar-refractivity contribution in [3.05, 3.63) is 0 Å². The largest absolute Gasteiger partial charge is 0.382 e. The molecule has 0 fully saturated rings. The fourth-order valence-electron chi connectivity index (χ4n) is 5.41. The van der Waals surface area contributed by atoms with Gasteiger partial charge in [0.15, 0.2) is 0 Å². The molecule has 0 radical (unpaired) electrons. The van der Waals surface area contributed by atoms with Crippen LogP contribution in [0.15, 0.2) is 0 Å². The molecule has 2 amide bonds. The molecule has 0 aromatic carbocycles. The van der Waals surface area contributed by atoms with E-state index in [4.69, 9.17) is 0 Å². The van der Waals surface area contributed by atoms with Gasteiger partial charge >= 0.3 is 0 Å². The van der Waals surface area contributed by atoms with E-state index in [1.54, 1.807) is 0 Å². The number of aliphatic hydroxyl groups is 2.